The summed E-state index contributed by atoms with van der Waals surface area (Å²) >= 11 is 0. The monoisotopic (exact) mass is 877 g/mol. The predicted octanol–water partition coefficient (Wildman–Crippen LogP) is 15.4. The van der Waals surface area contributed by atoms with Gasteiger partial charge in [0, 0.05) is 6.42 Å². The van der Waals surface area contributed by atoms with Crippen LogP contribution in [0.1, 0.15) is 160 Å². The van der Waals surface area contributed by atoms with Crippen LogP contribution in [0.15, 0.2) is 23.3 Å². The van der Waals surface area contributed by atoms with E-state index in [0.717, 1.165) is 38.5 Å². The highest BCUT2D eigenvalue weighted by molar-refractivity contribution is 6.74. The summed E-state index contributed by atoms with van der Waals surface area (Å²) in [7, 11) is -7.38. The summed E-state index contributed by atoms with van der Waals surface area (Å²) in [5, 5.41) is 0.359. The van der Waals surface area contributed by atoms with Crippen LogP contribution in [0.4, 0.5) is 0 Å². The van der Waals surface area contributed by atoms with Gasteiger partial charge in [-0.2, -0.15) is 0 Å². The highest BCUT2D eigenvalue weighted by Gasteiger charge is 2.52. The zero-order valence-corrected chi connectivity index (χ0v) is 46.3. The molecule has 6 atom stereocenters. The topological polar surface area (TPSA) is 54.0 Å². The zero-order chi connectivity index (χ0) is 44.6. The molecule has 58 heavy (non-hydrogen) atoms. The van der Waals surface area contributed by atoms with Gasteiger partial charge in [-0.05, 0) is 191 Å². The standard InChI is InChI=1S/C49H96O5Si4/c1-45(2,3)57(18,19)51-40-34-37(35-41(36-40)52-58(20,21)46(4,5)6)26-27-38-25-23-33-49(11)42(38)29-30-43(49)39(24-22-32-47(7,8)53-55(12,13)14)28-31-44(50)48(9,10)54-56(15,16)17/h26-27,39-43H,22-25,28-36H2,1-21H3/b38-27+/t39-,40+,41+,42?,43?,49-/m0/s1. The summed E-state index contributed by atoms with van der Waals surface area (Å²) < 4.78 is 27.4. The van der Waals surface area contributed by atoms with Gasteiger partial charge in [0.25, 0.3) is 0 Å². The Morgan fingerprint density at radius 3 is 1.74 bits per heavy atom. The van der Waals surface area contributed by atoms with E-state index in [-0.39, 0.29) is 39.1 Å². The summed E-state index contributed by atoms with van der Waals surface area (Å²) in [6, 6.07) is 0. The maximum Gasteiger partial charge on any atom is 0.192 e. The summed E-state index contributed by atoms with van der Waals surface area (Å²) in [5.41, 5.74) is 2.61. The molecule has 0 radical (unpaired) electrons. The number of carbonyl (C=O) groups is 1. The Morgan fingerprint density at radius 1 is 0.741 bits per heavy atom. The Morgan fingerprint density at radius 2 is 1.26 bits per heavy atom. The van der Waals surface area contributed by atoms with Crippen molar-refractivity contribution in [3.8, 4) is 0 Å². The summed E-state index contributed by atoms with van der Waals surface area (Å²) in [6.45, 7) is 48.5. The molecule has 0 spiro atoms. The lowest BCUT2D eigenvalue weighted by atomic mass is 9.60. The SMILES string of the molecule is CC(C)(CCC[C@@H](CCC(=O)C(C)(C)O[Si](C)(C)C)C1CCC2/C(=C/C=C3C[C@@H](O[Si](C)(C)C(C)(C)C)C[C@H](O[Si](C)(C)C(C)(C)C)C3)CCC[C@@]21C)O[Si](C)(C)C. The lowest BCUT2D eigenvalue weighted by Crippen LogP contribution is -2.48. The average molecular weight is 878 g/mol. The molecule has 5 nitrogen and oxygen atoms in total. The van der Waals surface area contributed by atoms with Crippen LogP contribution in [-0.4, -0.2) is 62.5 Å². The third kappa shape index (κ3) is 14.7. The quantitative estimate of drug-likeness (QED) is 0.128. The molecule has 0 heterocycles. The van der Waals surface area contributed by atoms with Crippen molar-refractivity contribution in [2.24, 2.45) is 23.2 Å². The smallest absolute Gasteiger partial charge is 0.192 e. The highest BCUT2D eigenvalue weighted by Crippen LogP contribution is 2.60. The maximum absolute atomic E-state index is 13.9. The number of fused-ring (bicyclic) bond motifs is 1. The van der Waals surface area contributed by atoms with Gasteiger partial charge in [-0.15, -0.1) is 0 Å². The molecule has 0 N–H and O–H groups in total. The molecule has 3 rings (SSSR count). The number of rotatable bonds is 18. The minimum atomic E-state index is -1.93. The summed E-state index contributed by atoms with van der Waals surface area (Å²) in [5.74, 6) is 2.05. The van der Waals surface area contributed by atoms with Crippen LogP contribution in [0.25, 0.3) is 0 Å². The molecule has 0 bridgehead atoms. The van der Waals surface area contributed by atoms with Gasteiger partial charge in [-0.1, -0.05) is 84.6 Å². The molecule has 0 aromatic carbocycles. The molecular weight excluding hydrogens is 781 g/mol. The largest absolute Gasteiger partial charge is 0.414 e. The van der Waals surface area contributed by atoms with Gasteiger partial charge in [-0.25, -0.2) is 0 Å². The Balaban J connectivity index is 1.91. The second kappa shape index (κ2) is 18.9. The molecule has 0 amide bonds. The Hall–Kier alpha value is -0.142. The number of hydrogen-bond acceptors (Lipinski definition) is 5. The lowest BCUT2D eigenvalue weighted by Gasteiger charge is -2.45. The van der Waals surface area contributed by atoms with E-state index in [2.05, 4.69) is 140 Å². The molecule has 0 aromatic heterocycles. The fourth-order valence-electron chi connectivity index (χ4n) is 10.6. The molecule has 0 aliphatic heterocycles. The van der Waals surface area contributed by atoms with Crippen molar-refractivity contribution in [1.82, 2.24) is 0 Å². The lowest BCUT2D eigenvalue weighted by molar-refractivity contribution is -0.133. The summed E-state index contributed by atoms with van der Waals surface area (Å²) in [6.07, 6.45) is 19.8. The van der Waals surface area contributed by atoms with Crippen molar-refractivity contribution in [1.29, 1.82) is 0 Å². The molecule has 338 valence electrons. The molecule has 3 aliphatic rings. The number of Topliss-reactive ketones (excluding diaryl/α,β-unsaturated/α-hetero) is 1. The fourth-order valence-corrected chi connectivity index (χ4v) is 16.7. The van der Waals surface area contributed by atoms with Crippen LogP contribution in [0.5, 0.6) is 0 Å². The Kier molecular flexibility index (Phi) is 17.0. The van der Waals surface area contributed by atoms with Crippen LogP contribution in [-0.2, 0) is 22.5 Å². The first-order valence-electron chi connectivity index (χ1n) is 23.6. The average Bonchev–Trinajstić information content (AvgIpc) is 3.34. The highest BCUT2D eigenvalue weighted by atomic mass is 28.4. The van der Waals surface area contributed by atoms with E-state index in [1.54, 1.807) is 5.57 Å². The third-order valence-corrected chi connectivity index (χ3v) is 26.4. The van der Waals surface area contributed by atoms with E-state index < -0.39 is 38.9 Å². The van der Waals surface area contributed by atoms with Crippen LogP contribution in [0, 0.1) is 23.2 Å². The van der Waals surface area contributed by atoms with Crippen LogP contribution >= 0.6 is 0 Å². The first-order chi connectivity index (χ1) is 26.0. The van der Waals surface area contributed by atoms with Crippen LogP contribution < -0.4 is 0 Å². The second-order valence-electron chi connectivity index (χ2n) is 25.6. The van der Waals surface area contributed by atoms with E-state index in [0.29, 0.717) is 24.2 Å². The van der Waals surface area contributed by atoms with Gasteiger partial charge in [0.05, 0.1) is 17.8 Å². The van der Waals surface area contributed by atoms with Crippen LogP contribution in [0.3, 0.4) is 0 Å². The molecule has 9 heteroatoms. The van der Waals surface area contributed by atoms with E-state index in [9.17, 15) is 4.79 Å². The van der Waals surface area contributed by atoms with E-state index >= 15 is 0 Å². The van der Waals surface area contributed by atoms with E-state index in [4.69, 9.17) is 17.7 Å². The first-order valence-corrected chi connectivity index (χ1v) is 36.3. The van der Waals surface area contributed by atoms with Gasteiger partial charge in [-0.3, -0.25) is 4.79 Å². The van der Waals surface area contributed by atoms with Crippen molar-refractivity contribution < 1.29 is 22.5 Å². The number of carbonyl (C=O) groups excluding carboxylic acids is 1. The number of hydrogen-bond donors (Lipinski definition) is 0. The first kappa shape index (κ1) is 52.2. The van der Waals surface area contributed by atoms with E-state index in [1.807, 2.05) is 13.8 Å². The third-order valence-electron chi connectivity index (χ3n) is 15.1. The minimum Gasteiger partial charge on any atom is -0.414 e. The van der Waals surface area contributed by atoms with Gasteiger partial charge in [0.1, 0.15) is 5.60 Å². The van der Waals surface area contributed by atoms with Gasteiger partial charge >= 0.3 is 0 Å². The number of allylic oxidation sites excluding steroid dienone is 3. The molecule has 2 unspecified atom stereocenters. The molecule has 3 saturated carbocycles. The maximum atomic E-state index is 13.9. The zero-order valence-electron chi connectivity index (χ0n) is 42.3. The van der Waals surface area contributed by atoms with Crippen molar-refractivity contribution in [2.75, 3.05) is 0 Å². The Labute approximate surface area is 364 Å². The van der Waals surface area contributed by atoms with Crippen molar-refractivity contribution >= 4 is 39.1 Å². The summed E-state index contributed by atoms with van der Waals surface area (Å²) in [4.78, 5) is 13.9. The van der Waals surface area contributed by atoms with Crippen molar-refractivity contribution in [2.45, 2.75) is 259 Å². The Bertz CT molecular complexity index is 1400. The van der Waals surface area contributed by atoms with Gasteiger partial charge in [0.2, 0.25) is 0 Å². The molecule has 3 aliphatic carbocycles. The van der Waals surface area contributed by atoms with Gasteiger partial charge < -0.3 is 17.7 Å². The predicted molar refractivity (Wildman–Crippen MR) is 261 cm³/mol. The molecule has 0 saturated heterocycles. The van der Waals surface area contributed by atoms with Crippen molar-refractivity contribution in [3.05, 3.63) is 23.3 Å². The van der Waals surface area contributed by atoms with Crippen LogP contribution in [0.2, 0.25) is 75.5 Å². The molecule has 3 fully saturated rings. The minimum absolute atomic E-state index is 0.114. The number of ketones is 1. The van der Waals surface area contributed by atoms with E-state index in [1.165, 1.54) is 44.1 Å². The second-order valence-corrected chi connectivity index (χ2v) is 44.0. The molecular formula is C49H96O5Si4. The fraction of sp³-hybridized carbons (Fsp3) is 0.898. The molecule has 0 aromatic rings. The normalized spacial score (nSPS) is 27.2. The van der Waals surface area contributed by atoms with Crippen molar-refractivity contribution in [3.63, 3.8) is 0 Å². The van der Waals surface area contributed by atoms with Gasteiger partial charge in [0.15, 0.2) is 39.1 Å².